The molecule has 1 aromatic heterocycles. The van der Waals surface area contributed by atoms with Crippen LogP contribution in [0.3, 0.4) is 0 Å². The highest BCUT2D eigenvalue weighted by atomic mass is 16.7. The summed E-state index contributed by atoms with van der Waals surface area (Å²) in [4.78, 5) is 0. The Bertz CT molecular complexity index is 504. The van der Waals surface area contributed by atoms with E-state index in [4.69, 9.17) is 9.47 Å². The lowest BCUT2D eigenvalue weighted by atomic mass is 10.1. The highest BCUT2D eigenvalue weighted by molar-refractivity contribution is 5.61. The molecule has 0 bridgehead atoms. The lowest BCUT2D eigenvalue weighted by Gasteiger charge is -2.22. The van der Waals surface area contributed by atoms with Gasteiger partial charge in [0.15, 0.2) is 6.29 Å². The van der Waals surface area contributed by atoms with E-state index in [0.29, 0.717) is 0 Å². The molecule has 1 aromatic carbocycles. The van der Waals surface area contributed by atoms with Crippen molar-refractivity contribution >= 4 is 0 Å². The van der Waals surface area contributed by atoms with Crippen LogP contribution in [0.2, 0.25) is 0 Å². The van der Waals surface area contributed by atoms with E-state index < -0.39 is 0 Å². The van der Waals surface area contributed by atoms with Gasteiger partial charge in [0.2, 0.25) is 0 Å². The fourth-order valence-corrected chi connectivity index (χ4v) is 2.21. The molecule has 0 atom stereocenters. The minimum atomic E-state index is -0.0712. The van der Waals surface area contributed by atoms with Crippen molar-refractivity contribution in [1.82, 2.24) is 9.78 Å². The van der Waals surface area contributed by atoms with E-state index in [0.717, 1.165) is 38.2 Å². The Kier molecular flexibility index (Phi) is 3.91. The monoisotopic (exact) mass is 258 g/mol. The van der Waals surface area contributed by atoms with E-state index in [9.17, 15) is 0 Å². The van der Waals surface area contributed by atoms with Crippen LogP contribution < -0.4 is 0 Å². The lowest BCUT2D eigenvalue weighted by Crippen LogP contribution is -2.26. The van der Waals surface area contributed by atoms with E-state index in [1.165, 1.54) is 5.56 Å². The van der Waals surface area contributed by atoms with Crippen LogP contribution in [-0.4, -0.2) is 29.3 Å². The van der Waals surface area contributed by atoms with Crippen LogP contribution >= 0.6 is 0 Å². The average molecular weight is 258 g/mol. The molecule has 1 saturated heterocycles. The minimum Gasteiger partial charge on any atom is -0.353 e. The largest absolute Gasteiger partial charge is 0.353 e. The molecule has 0 aliphatic carbocycles. The molecule has 2 aromatic rings. The topological polar surface area (TPSA) is 36.3 Å². The summed E-state index contributed by atoms with van der Waals surface area (Å²) in [6.07, 6.45) is 5.74. The van der Waals surface area contributed by atoms with Gasteiger partial charge in [0.25, 0.3) is 0 Å². The second-order valence-corrected chi connectivity index (χ2v) is 4.67. The van der Waals surface area contributed by atoms with Crippen LogP contribution in [0.1, 0.15) is 12.8 Å². The average Bonchev–Trinajstić information content (AvgIpc) is 2.96. The molecule has 0 amide bonds. The zero-order valence-electron chi connectivity index (χ0n) is 10.9. The molecule has 1 aliphatic rings. The molecular weight excluding hydrogens is 240 g/mol. The Morgan fingerprint density at radius 2 is 1.89 bits per heavy atom. The van der Waals surface area contributed by atoms with Crippen LogP contribution in [0.25, 0.3) is 11.1 Å². The molecule has 0 N–H and O–H groups in total. The summed E-state index contributed by atoms with van der Waals surface area (Å²) in [7, 11) is 0. The van der Waals surface area contributed by atoms with E-state index in [1.807, 2.05) is 29.1 Å². The van der Waals surface area contributed by atoms with Crippen molar-refractivity contribution in [3.05, 3.63) is 42.7 Å². The maximum absolute atomic E-state index is 5.53. The van der Waals surface area contributed by atoms with E-state index in [2.05, 4.69) is 23.4 Å². The van der Waals surface area contributed by atoms with Crippen molar-refractivity contribution < 1.29 is 9.47 Å². The van der Waals surface area contributed by atoms with Crippen molar-refractivity contribution in [3.8, 4) is 11.1 Å². The molecule has 2 heterocycles. The van der Waals surface area contributed by atoms with Crippen LogP contribution in [0.4, 0.5) is 0 Å². The second kappa shape index (κ2) is 5.99. The number of aromatic nitrogens is 2. The van der Waals surface area contributed by atoms with Gasteiger partial charge in [-0.1, -0.05) is 30.3 Å². The quantitative estimate of drug-likeness (QED) is 0.846. The predicted molar refractivity (Wildman–Crippen MR) is 72.6 cm³/mol. The maximum atomic E-state index is 5.53. The van der Waals surface area contributed by atoms with Gasteiger partial charge in [0, 0.05) is 24.7 Å². The van der Waals surface area contributed by atoms with E-state index in [-0.39, 0.29) is 6.29 Å². The third-order valence-corrected chi connectivity index (χ3v) is 3.23. The molecule has 3 rings (SSSR count). The zero-order valence-corrected chi connectivity index (χ0v) is 10.9. The summed E-state index contributed by atoms with van der Waals surface area (Å²) in [6, 6.07) is 10.3. The van der Waals surface area contributed by atoms with Gasteiger partial charge in [-0.25, -0.2) is 0 Å². The van der Waals surface area contributed by atoms with Crippen molar-refractivity contribution in [1.29, 1.82) is 0 Å². The minimum absolute atomic E-state index is 0.0712. The molecular formula is C15H18N2O2. The molecule has 100 valence electrons. The number of hydrogen-bond donors (Lipinski definition) is 0. The number of aryl methyl sites for hydroxylation is 1. The summed E-state index contributed by atoms with van der Waals surface area (Å²) in [5.41, 5.74) is 2.34. The first-order chi connectivity index (χ1) is 9.42. The van der Waals surface area contributed by atoms with Crippen molar-refractivity contribution in [2.75, 3.05) is 13.2 Å². The molecule has 0 spiro atoms. The molecule has 1 aliphatic heterocycles. The molecule has 0 unspecified atom stereocenters. The zero-order chi connectivity index (χ0) is 12.9. The van der Waals surface area contributed by atoms with Gasteiger partial charge in [-0.05, 0) is 12.0 Å². The highest BCUT2D eigenvalue weighted by Crippen LogP contribution is 2.18. The standard InChI is InChI=1S/C15H18N2O2/c1-2-5-13(6-3-1)14-11-16-17(12-14)8-7-15-18-9-4-10-19-15/h1-3,5-6,11-12,15H,4,7-10H2. The SMILES string of the molecule is c1ccc(-c2cnn(CCC3OCCCO3)c2)cc1. The summed E-state index contributed by atoms with van der Waals surface area (Å²) in [5.74, 6) is 0. The van der Waals surface area contributed by atoms with Crippen molar-refractivity contribution in [3.63, 3.8) is 0 Å². The smallest absolute Gasteiger partial charge is 0.159 e. The van der Waals surface area contributed by atoms with Crippen LogP contribution in [-0.2, 0) is 16.0 Å². The summed E-state index contributed by atoms with van der Waals surface area (Å²) in [6.45, 7) is 2.43. The number of benzene rings is 1. The van der Waals surface area contributed by atoms with Gasteiger partial charge in [-0.15, -0.1) is 0 Å². The Balaban J connectivity index is 1.59. The first-order valence-corrected chi connectivity index (χ1v) is 6.73. The normalized spacial score (nSPS) is 16.6. The highest BCUT2D eigenvalue weighted by Gasteiger charge is 2.14. The van der Waals surface area contributed by atoms with Gasteiger partial charge in [0.05, 0.1) is 19.4 Å². The fourth-order valence-electron chi connectivity index (χ4n) is 2.21. The molecule has 4 heteroatoms. The molecule has 19 heavy (non-hydrogen) atoms. The lowest BCUT2D eigenvalue weighted by molar-refractivity contribution is -0.182. The van der Waals surface area contributed by atoms with Gasteiger partial charge >= 0.3 is 0 Å². The summed E-state index contributed by atoms with van der Waals surface area (Å²) >= 11 is 0. The molecule has 0 saturated carbocycles. The van der Waals surface area contributed by atoms with Crippen molar-refractivity contribution in [2.24, 2.45) is 0 Å². The number of nitrogens with zero attached hydrogens (tertiary/aromatic N) is 2. The van der Waals surface area contributed by atoms with Gasteiger partial charge in [0.1, 0.15) is 0 Å². The third kappa shape index (κ3) is 3.22. The molecule has 1 fully saturated rings. The van der Waals surface area contributed by atoms with Gasteiger partial charge in [-0.2, -0.15) is 5.10 Å². The fraction of sp³-hybridized carbons (Fsp3) is 0.400. The summed E-state index contributed by atoms with van der Waals surface area (Å²) in [5, 5.41) is 4.38. The Hall–Kier alpha value is -1.65. The Morgan fingerprint density at radius 1 is 1.11 bits per heavy atom. The van der Waals surface area contributed by atoms with E-state index in [1.54, 1.807) is 0 Å². The third-order valence-electron chi connectivity index (χ3n) is 3.23. The van der Waals surface area contributed by atoms with Crippen LogP contribution in [0.5, 0.6) is 0 Å². The Morgan fingerprint density at radius 3 is 2.68 bits per heavy atom. The van der Waals surface area contributed by atoms with Crippen LogP contribution in [0, 0.1) is 0 Å². The van der Waals surface area contributed by atoms with Gasteiger partial charge in [-0.3, -0.25) is 4.68 Å². The maximum Gasteiger partial charge on any atom is 0.159 e. The second-order valence-electron chi connectivity index (χ2n) is 4.67. The number of ether oxygens (including phenoxy) is 2. The number of hydrogen-bond acceptors (Lipinski definition) is 3. The van der Waals surface area contributed by atoms with E-state index >= 15 is 0 Å². The molecule has 4 nitrogen and oxygen atoms in total. The molecule has 0 radical (unpaired) electrons. The number of rotatable bonds is 4. The van der Waals surface area contributed by atoms with Crippen LogP contribution in [0.15, 0.2) is 42.7 Å². The summed E-state index contributed by atoms with van der Waals surface area (Å²) < 4.78 is 13.0. The first-order valence-electron chi connectivity index (χ1n) is 6.73. The van der Waals surface area contributed by atoms with Gasteiger partial charge < -0.3 is 9.47 Å². The first kappa shape index (κ1) is 12.4. The van der Waals surface area contributed by atoms with Crippen molar-refractivity contribution in [2.45, 2.75) is 25.7 Å². The predicted octanol–water partition coefficient (Wildman–Crippen LogP) is 2.70. The Labute approximate surface area is 113 Å².